The summed E-state index contributed by atoms with van der Waals surface area (Å²) in [6.07, 6.45) is 8.86. The molecule has 3 N–H and O–H groups in total. The second-order valence-electron chi connectivity index (χ2n) is 6.72. The molecule has 1 saturated heterocycles. The highest BCUT2D eigenvalue weighted by atomic mass is 16.1. The molecule has 1 amide bonds. The lowest BCUT2D eigenvalue weighted by Gasteiger charge is -2.37. The van der Waals surface area contributed by atoms with Gasteiger partial charge >= 0.3 is 0 Å². The Morgan fingerprint density at radius 3 is 2.45 bits per heavy atom. The van der Waals surface area contributed by atoms with Gasteiger partial charge in [0, 0.05) is 25.6 Å². The van der Waals surface area contributed by atoms with E-state index in [1.165, 1.54) is 19.3 Å². The van der Waals surface area contributed by atoms with E-state index in [9.17, 15) is 4.79 Å². The molecular weight excluding hydrogens is 250 g/mol. The van der Waals surface area contributed by atoms with Gasteiger partial charge in [-0.3, -0.25) is 4.79 Å². The molecule has 20 heavy (non-hydrogen) atoms. The summed E-state index contributed by atoms with van der Waals surface area (Å²) in [5, 5.41) is 3.25. The third kappa shape index (κ3) is 4.19. The maximum Gasteiger partial charge on any atom is 0.220 e. The minimum absolute atomic E-state index is 0.0897. The van der Waals surface area contributed by atoms with E-state index in [0.29, 0.717) is 19.0 Å². The van der Waals surface area contributed by atoms with E-state index < -0.39 is 0 Å². The highest BCUT2D eigenvalue weighted by Crippen LogP contribution is 2.38. The molecule has 0 spiro atoms. The Labute approximate surface area is 123 Å². The number of amides is 1. The van der Waals surface area contributed by atoms with Crippen molar-refractivity contribution in [2.24, 2.45) is 11.1 Å². The SMILES string of the molecule is CCN1CCC(NC(=O)CC2(CN)CCCCC2)CC1. The van der Waals surface area contributed by atoms with Gasteiger partial charge in [-0.25, -0.2) is 0 Å². The highest BCUT2D eigenvalue weighted by molar-refractivity contribution is 5.77. The molecule has 0 aromatic carbocycles. The third-order valence-corrected chi connectivity index (χ3v) is 5.28. The zero-order chi connectivity index (χ0) is 14.4. The van der Waals surface area contributed by atoms with Gasteiger partial charge in [0.05, 0.1) is 0 Å². The molecule has 0 unspecified atom stereocenters. The summed E-state index contributed by atoms with van der Waals surface area (Å²) in [7, 11) is 0. The standard InChI is InChI=1S/C16H31N3O/c1-2-19-10-6-14(7-11-19)18-15(20)12-16(13-17)8-4-3-5-9-16/h14H,2-13,17H2,1H3,(H,18,20). The molecule has 1 heterocycles. The zero-order valence-electron chi connectivity index (χ0n) is 13.0. The van der Waals surface area contributed by atoms with Crippen LogP contribution in [0.15, 0.2) is 0 Å². The van der Waals surface area contributed by atoms with Crippen molar-refractivity contribution in [1.29, 1.82) is 0 Å². The third-order valence-electron chi connectivity index (χ3n) is 5.28. The van der Waals surface area contributed by atoms with Crippen LogP contribution >= 0.6 is 0 Å². The number of rotatable bonds is 5. The Balaban J connectivity index is 1.77. The normalized spacial score (nSPS) is 24.5. The molecule has 116 valence electrons. The summed E-state index contributed by atoms with van der Waals surface area (Å²) in [5.74, 6) is 0.229. The van der Waals surface area contributed by atoms with E-state index >= 15 is 0 Å². The molecular formula is C16H31N3O. The molecule has 0 radical (unpaired) electrons. The van der Waals surface area contributed by atoms with Crippen LogP contribution in [-0.4, -0.2) is 43.0 Å². The van der Waals surface area contributed by atoms with Crippen LogP contribution in [0.3, 0.4) is 0 Å². The van der Waals surface area contributed by atoms with Gasteiger partial charge in [-0.2, -0.15) is 0 Å². The Morgan fingerprint density at radius 2 is 1.90 bits per heavy atom. The zero-order valence-corrected chi connectivity index (χ0v) is 13.0. The van der Waals surface area contributed by atoms with Gasteiger partial charge in [-0.1, -0.05) is 26.2 Å². The fraction of sp³-hybridized carbons (Fsp3) is 0.938. The van der Waals surface area contributed by atoms with Crippen molar-refractivity contribution >= 4 is 5.91 Å². The smallest absolute Gasteiger partial charge is 0.220 e. The molecule has 4 nitrogen and oxygen atoms in total. The van der Waals surface area contributed by atoms with Gasteiger partial charge < -0.3 is 16.0 Å². The van der Waals surface area contributed by atoms with Crippen molar-refractivity contribution in [3.63, 3.8) is 0 Å². The number of carbonyl (C=O) groups is 1. The average molecular weight is 281 g/mol. The highest BCUT2D eigenvalue weighted by Gasteiger charge is 2.33. The van der Waals surface area contributed by atoms with E-state index in [1.54, 1.807) is 0 Å². The van der Waals surface area contributed by atoms with Gasteiger partial charge in [0.2, 0.25) is 5.91 Å². The molecule has 0 aromatic rings. The number of nitrogens with two attached hydrogens (primary N) is 1. The first-order valence-corrected chi connectivity index (χ1v) is 8.39. The second kappa shape index (κ2) is 7.41. The van der Waals surface area contributed by atoms with E-state index in [2.05, 4.69) is 17.1 Å². The first-order valence-electron chi connectivity index (χ1n) is 8.39. The first-order chi connectivity index (χ1) is 9.67. The largest absolute Gasteiger partial charge is 0.353 e. The number of nitrogens with zero attached hydrogens (tertiary/aromatic N) is 1. The van der Waals surface area contributed by atoms with Crippen LogP contribution < -0.4 is 11.1 Å². The Bertz CT molecular complexity index is 305. The van der Waals surface area contributed by atoms with E-state index in [4.69, 9.17) is 5.73 Å². The van der Waals surface area contributed by atoms with Crippen LogP contribution in [0, 0.1) is 5.41 Å². The van der Waals surface area contributed by atoms with E-state index in [-0.39, 0.29) is 11.3 Å². The van der Waals surface area contributed by atoms with E-state index in [1.807, 2.05) is 0 Å². The number of carbonyl (C=O) groups excluding carboxylic acids is 1. The lowest BCUT2D eigenvalue weighted by Crippen LogP contribution is -2.46. The maximum atomic E-state index is 12.3. The number of hydrogen-bond donors (Lipinski definition) is 2. The van der Waals surface area contributed by atoms with Crippen molar-refractivity contribution in [3.8, 4) is 0 Å². The quantitative estimate of drug-likeness (QED) is 0.809. The van der Waals surface area contributed by atoms with Crippen molar-refractivity contribution in [2.45, 2.75) is 64.3 Å². The second-order valence-corrected chi connectivity index (χ2v) is 6.72. The van der Waals surface area contributed by atoms with Gasteiger partial charge in [-0.05, 0) is 44.2 Å². The summed E-state index contributed by atoms with van der Waals surface area (Å²) in [6, 6.07) is 0.378. The minimum atomic E-state index is 0.0897. The molecule has 1 aliphatic heterocycles. The summed E-state index contributed by atoms with van der Waals surface area (Å²) < 4.78 is 0. The lowest BCUT2D eigenvalue weighted by atomic mass is 9.71. The Hall–Kier alpha value is -0.610. The average Bonchev–Trinajstić information content (AvgIpc) is 2.49. The van der Waals surface area contributed by atoms with E-state index in [0.717, 1.165) is 45.3 Å². The molecule has 0 aromatic heterocycles. The van der Waals surface area contributed by atoms with Crippen molar-refractivity contribution < 1.29 is 4.79 Å². The molecule has 0 bridgehead atoms. The van der Waals surface area contributed by atoms with Crippen molar-refractivity contribution in [3.05, 3.63) is 0 Å². The monoisotopic (exact) mass is 281 g/mol. The molecule has 0 atom stereocenters. The molecule has 2 fully saturated rings. The summed E-state index contributed by atoms with van der Waals surface area (Å²) in [5.41, 5.74) is 6.06. The molecule has 2 aliphatic rings. The minimum Gasteiger partial charge on any atom is -0.353 e. The molecule has 1 saturated carbocycles. The fourth-order valence-corrected chi connectivity index (χ4v) is 3.77. The van der Waals surface area contributed by atoms with Crippen LogP contribution in [0.5, 0.6) is 0 Å². The summed E-state index contributed by atoms with van der Waals surface area (Å²) in [4.78, 5) is 14.8. The summed E-state index contributed by atoms with van der Waals surface area (Å²) >= 11 is 0. The number of piperidine rings is 1. The van der Waals surface area contributed by atoms with Gasteiger partial charge in [-0.15, -0.1) is 0 Å². The Kier molecular flexibility index (Phi) is 5.85. The predicted octanol–water partition coefficient (Wildman–Crippen LogP) is 1.89. The number of likely N-dealkylation sites (tertiary alicyclic amines) is 1. The van der Waals surface area contributed by atoms with Crippen LogP contribution in [0.2, 0.25) is 0 Å². The van der Waals surface area contributed by atoms with Crippen LogP contribution in [-0.2, 0) is 4.79 Å². The topological polar surface area (TPSA) is 58.4 Å². The molecule has 4 heteroatoms. The van der Waals surface area contributed by atoms with Crippen LogP contribution in [0.4, 0.5) is 0 Å². The predicted molar refractivity (Wildman–Crippen MR) is 82.5 cm³/mol. The Morgan fingerprint density at radius 1 is 1.25 bits per heavy atom. The number of nitrogens with one attached hydrogen (secondary N) is 1. The fourth-order valence-electron chi connectivity index (χ4n) is 3.77. The summed E-state index contributed by atoms with van der Waals surface area (Å²) in [6.45, 7) is 6.21. The van der Waals surface area contributed by atoms with Crippen molar-refractivity contribution in [2.75, 3.05) is 26.2 Å². The maximum absolute atomic E-state index is 12.3. The van der Waals surface area contributed by atoms with Crippen LogP contribution in [0.25, 0.3) is 0 Å². The number of hydrogen-bond acceptors (Lipinski definition) is 3. The van der Waals surface area contributed by atoms with Crippen LogP contribution in [0.1, 0.15) is 58.3 Å². The van der Waals surface area contributed by atoms with Crippen molar-refractivity contribution in [1.82, 2.24) is 10.2 Å². The lowest BCUT2D eigenvalue weighted by molar-refractivity contribution is -0.124. The molecule has 1 aliphatic carbocycles. The van der Waals surface area contributed by atoms with Gasteiger partial charge in [0.15, 0.2) is 0 Å². The van der Waals surface area contributed by atoms with Gasteiger partial charge in [0.25, 0.3) is 0 Å². The molecule has 2 rings (SSSR count). The van der Waals surface area contributed by atoms with Gasteiger partial charge in [0.1, 0.15) is 0 Å². The first kappa shape index (κ1) is 15.8.